The van der Waals surface area contributed by atoms with Crippen LogP contribution in [0.5, 0.6) is 0 Å². The van der Waals surface area contributed by atoms with Crippen LogP contribution < -0.4 is 5.32 Å². The van der Waals surface area contributed by atoms with Crippen LogP contribution in [0.2, 0.25) is 5.02 Å². The van der Waals surface area contributed by atoms with Gasteiger partial charge >= 0.3 is 5.97 Å². The highest BCUT2D eigenvalue weighted by Crippen LogP contribution is 2.23. The van der Waals surface area contributed by atoms with Crippen LogP contribution in [0, 0.1) is 12.8 Å². The number of nitrogens with one attached hydrogen (secondary N) is 1. The van der Waals surface area contributed by atoms with Gasteiger partial charge in [0.1, 0.15) is 0 Å². The van der Waals surface area contributed by atoms with E-state index in [1.807, 2.05) is 26.0 Å². The van der Waals surface area contributed by atoms with E-state index in [1.165, 1.54) is 6.20 Å². The van der Waals surface area contributed by atoms with E-state index in [-0.39, 0.29) is 18.2 Å². The number of carbonyl (C=O) groups excluding carboxylic acids is 1. The van der Waals surface area contributed by atoms with E-state index in [4.69, 9.17) is 16.7 Å². The highest BCUT2D eigenvalue weighted by atomic mass is 35.5. The Morgan fingerprint density at radius 3 is 2.44 bits per heavy atom. The van der Waals surface area contributed by atoms with Gasteiger partial charge in [0.25, 0.3) is 5.91 Å². The molecule has 7 heteroatoms. The molecular formula is C18H22ClN3O3. The van der Waals surface area contributed by atoms with E-state index in [9.17, 15) is 9.59 Å². The zero-order chi connectivity index (χ0) is 18.8. The van der Waals surface area contributed by atoms with Crippen LogP contribution in [-0.4, -0.2) is 32.3 Å². The normalized spacial score (nSPS) is 13.5. The van der Waals surface area contributed by atoms with E-state index in [0.29, 0.717) is 16.3 Å². The van der Waals surface area contributed by atoms with Crippen molar-refractivity contribution in [3.63, 3.8) is 0 Å². The van der Waals surface area contributed by atoms with Gasteiger partial charge in [0.2, 0.25) is 0 Å². The number of hydrogen-bond donors (Lipinski definition) is 2. The lowest BCUT2D eigenvalue weighted by Crippen LogP contribution is -2.51. The average Bonchev–Trinajstić information content (AvgIpc) is 2.89. The molecule has 2 rings (SSSR count). The molecular weight excluding hydrogens is 342 g/mol. The van der Waals surface area contributed by atoms with E-state index < -0.39 is 11.5 Å². The Bertz CT molecular complexity index is 783. The monoisotopic (exact) mass is 363 g/mol. The van der Waals surface area contributed by atoms with Gasteiger partial charge in [0, 0.05) is 5.02 Å². The Morgan fingerprint density at radius 1 is 1.32 bits per heavy atom. The third-order valence-corrected chi connectivity index (χ3v) is 4.77. The maximum atomic E-state index is 12.7. The van der Waals surface area contributed by atoms with Crippen molar-refractivity contribution in [2.24, 2.45) is 5.92 Å². The molecule has 1 aromatic carbocycles. The summed E-state index contributed by atoms with van der Waals surface area (Å²) in [6.45, 7) is 7.30. The van der Waals surface area contributed by atoms with Crippen molar-refractivity contribution in [1.29, 1.82) is 0 Å². The summed E-state index contributed by atoms with van der Waals surface area (Å²) >= 11 is 5.90. The van der Waals surface area contributed by atoms with Crippen molar-refractivity contribution in [2.75, 3.05) is 0 Å². The first kappa shape index (κ1) is 19.0. The molecule has 1 unspecified atom stereocenters. The smallest absolute Gasteiger partial charge is 0.305 e. The number of hydrogen-bond acceptors (Lipinski definition) is 3. The molecule has 1 aromatic heterocycles. The minimum atomic E-state index is -0.954. The SMILES string of the molecule is Cc1c(C(=O)NC(C)(CC(=O)O)C(C)C)cnn1-c1ccc(Cl)cc1. The number of rotatable bonds is 6. The number of aliphatic carboxylic acids is 1. The van der Waals surface area contributed by atoms with E-state index in [1.54, 1.807) is 30.7 Å². The van der Waals surface area contributed by atoms with Gasteiger partial charge in [-0.15, -0.1) is 0 Å². The van der Waals surface area contributed by atoms with Crippen molar-refractivity contribution in [1.82, 2.24) is 15.1 Å². The number of carboxylic acid groups (broad SMARTS) is 1. The average molecular weight is 364 g/mol. The van der Waals surface area contributed by atoms with E-state index in [0.717, 1.165) is 5.69 Å². The highest BCUT2D eigenvalue weighted by Gasteiger charge is 2.33. The minimum Gasteiger partial charge on any atom is -0.481 e. The fourth-order valence-electron chi connectivity index (χ4n) is 2.51. The summed E-state index contributed by atoms with van der Waals surface area (Å²) < 4.78 is 1.65. The molecule has 0 radical (unpaired) electrons. The maximum absolute atomic E-state index is 12.7. The van der Waals surface area contributed by atoms with E-state index in [2.05, 4.69) is 10.4 Å². The van der Waals surface area contributed by atoms with Crippen LogP contribution in [0.4, 0.5) is 0 Å². The van der Waals surface area contributed by atoms with Crippen LogP contribution in [-0.2, 0) is 4.79 Å². The van der Waals surface area contributed by atoms with Crippen LogP contribution in [0.25, 0.3) is 5.69 Å². The summed E-state index contributed by atoms with van der Waals surface area (Å²) in [6, 6.07) is 7.13. The summed E-state index contributed by atoms with van der Waals surface area (Å²) in [5.74, 6) is -1.33. The third-order valence-electron chi connectivity index (χ3n) is 4.52. The van der Waals surface area contributed by atoms with Gasteiger partial charge in [-0.25, -0.2) is 4.68 Å². The van der Waals surface area contributed by atoms with E-state index >= 15 is 0 Å². The van der Waals surface area contributed by atoms with Crippen molar-refractivity contribution in [3.05, 3.63) is 46.7 Å². The lowest BCUT2D eigenvalue weighted by Gasteiger charge is -2.33. The summed E-state index contributed by atoms with van der Waals surface area (Å²) in [5, 5.41) is 16.9. The second-order valence-corrected chi connectivity index (χ2v) is 7.07. The molecule has 1 amide bonds. The summed E-state index contributed by atoms with van der Waals surface area (Å²) in [6.07, 6.45) is 1.33. The van der Waals surface area contributed by atoms with Gasteiger partial charge in [-0.1, -0.05) is 25.4 Å². The van der Waals surface area contributed by atoms with Crippen molar-refractivity contribution in [2.45, 2.75) is 39.7 Å². The van der Waals surface area contributed by atoms with Gasteiger partial charge < -0.3 is 10.4 Å². The number of nitrogens with zero attached hydrogens (tertiary/aromatic N) is 2. The van der Waals surface area contributed by atoms with Crippen molar-refractivity contribution in [3.8, 4) is 5.69 Å². The molecule has 2 aromatic rings. The number of carbonyl (C=O) groups is 2. The first-order valence-electron chi connectivity index (χ1n) is 7.99. The fourth-order valence-corrected chi connectivity index (χ4v) is 2.63. The number of halogens is 1. The Labute approximate surface area is 151 Å². The largest absolute Gasteiger partial charge is 0.481 e. The Kier molecular flexibility index (Phi) is 5.52. The second kappa shape index (κ2) is 7.27. The van der Waals surface area contributed by atoms with Crippen molar-refractivity contribution >= 4 is 23.5 Å². The maximum Gasteiger partial charge on any atom is 0.305 e. The molecule has 0 saturated carbocycles. The second-order valence-electron chi connectivity index (χ2n) is 6.63. The van der Waals surface area contributed by atoms with Crippen LogP contribution in [0.3, 0.4) is 0 Å². The number of carboxylic acids is 1. The standard InChI is InChI=1S/C18H22ClN3O3/c1-11(2)18(4,9-16(23)24)21-17(25)15-10-20-22(12(15)3)14-7-5-13(19)6-8-14/h5-8,10-11H,9H2,1-4H3,(H,21,25)(H,23,24). The molecule has 0 saturated heterocycles. The Hall–Kier alpha value is -2.34. The van der Waals surface area contributed by atoms with Crippen LogP contribution in [0.15, 0.2) is 30.5 Å². The molecule has 134 valence electrons. The zero-order valence-electron chi connectivity index (χ0n) is 14.7. The number of benzene rings is 1. The lowest BCUT2D eigenvalue weighted by atomic mass is 9.85. The molecule has 6 nitrogen and oxygen atoms in total. The first-order valence-corrected chi connectivity index (χ1v) is 8.36. The predicted octanol–water partition coefficient (Wildman–Crippen LogP) is 3.45. The molecule has 0 fully saturated rings. The minimum absolute atomic E-state index is 0.0424. The summed E-state index contributed by atoms with van der Waals surface area (Å²) in [5.41, 5.74) is 1.02. The van der Waals surface area contributed by atoms with Gasteiger partial charge in [-0.05, 0) is 44.0 Å². The molecule has 1 heterocycles. The first-order chi connectivity index (χ1) is 11.6. The third kappa shape index (κ3) is 4.20. The van der Waals surface area contributed by atoms with Gasteiger partial charge in [0.05, 0.1) is 35.1 Å². The number of aromatic nitrogens is 2. The molecule has 0 aliphatic carbocycles. The van der Waals surface area contributed by atoms with Gasteiger partial charge in [-0.2, -0.15) is 5.10 Å². The van der Waals surface area contributed by atoms with Crippen LogP contribution >= 0.6 is 11.6 Å². The van der Waals surface area contributed by atoms with Crippen LogP contribution in [0.1, 0.15) is 43.2 Å². The molecule has 2 N–H and O–H groups in total. The molecule has 0 aliphatic heterocycles. The van der Waals surface area contributed by atoms with Crippen molar-refractivity contribution < 1.29 is 14.7 Å². The number of amides is 1. The Balaban J connectivity index is 2.28. The summed E-state index contributed by atoms with van der Waals surface area (Å²) in [4.78, 5) is 23.8. The van der Waals surface area contributed by atoms with Gasteiger partial charge in [0.15, 0.2) is 0 Å². The zero-order valence-corrected chi connectivity index (χ0v) is 15.5. The topological polar surface area (TPSA) is 84.2 Å². The molecule has 1 atom stereocenters. The summed E-state index contributed by atoms with van der Waals surface area (Å²) in [7, 11) is 0. The molecule has 0 aliphatic rings. The fraction of sp³-hybridized carbons (Fsp3) is 0.389. The Morgan fingerprint density at radius 2 is 1.92 bits per heavy atom. The lowest BCUT2D eigenvalue weighted by molar-refractivity contribution is -0.138. The quantitative estimate of drug-likeness (QED) is 0.823. The molecule has 0 bridgehead atoms. The highest BCUT2D eigenvalue weighted by molar-refractivity contribution is 6.30. The molecule has 25 heavy (non-hydrogen) atoms. The molecule has 0 spiro atoms. The van der Waals surface area contributed by atoms with Gasteiger partial charge in [-0.3, -0.25) is 9.59 Å². The predicted molar refractivity (Wildman–Crippen MR) is 96.3 cm³/mol.